The van der Waals surface area contributed by atoms with Gasteiger partial charge in [0.2, 0.25) is 0 Å². The second kappa shape index (κ2) is 7.16. The molecule has 3 heteroatoms. The fraction of sp³-hybridized carbons (Fsp3) is 0.571. The summed E-state index contributed by atoms with van der Waals surface area (Å²) in [5.41, 5.74) is 1.22. The van der Waals surface area contributed by atoms with E-state index < -0.39 is 0 Å². The maximum absolute atomic E-state index is 5.53. The number of furan rings is 1. The molecular formula is C14H22N2O. The summed E-state index contributed by atoms with van der Waals surface area (Å²) in [6, 6.07) is 2.50. The lowest BCUT2D eigenvalue weighted by molar-refractivity contribution is 0.283. The molecule has 0 aliphatic carbocycles. The third kappa shape index (κ3) is 4.64. The van der Waals surface area contributed by atoms with Crippen LogP contribution in [-0.4, -0.2) is 24.0 Å². The van der Waals surface area contributed by atoms with Crippen molar-refractivity contribution in [3.8, 4) is 12.3 Å². The van der Waals surface area contributed by atoms with Crippen LogP contribution >= 0.6 is 0 Å². The van der Waals surface area contributed by atoms with Crippen LogP contribution in [0, 0.1) is 12.3 Å². The smallest absolute Gasteiger partial charge is 0.122 e. The molecule has 0 spiro atoms. The summed E-state index contributed by atoms with van der Waals surface area (Å²) in [5, 5.41) is 3.39. The first kappa shape index (κ1) is 13.8. The van der Waals surface area contributed by atoms with Crippen molar-refractivity contribution < 1.29 is 4.42 Å². The molecule has 0 aliphatic rings. The van der Waals surface area contributed by atoms with Crippen molar-refractivity contribution in [1.82, 2.24) is 10.2 Å². The molecule has 1 aromatic rings. The molecule has 1 N–H and O–H groups in total. The number of rotatable bonds is 7. The van der Waals surface area contributed by atoms with Gasteiger partial charge in [0.15, 0.2) is 0 Å². The van der Waals surface area contributed by atoms with Gasteiger partial charge in [-0.05, 0) is 12.6 Å². The molecule has 0 unspecified atom stereocenters. The first-order valence-corrected chi connectivity index (χ1v) is 6.11. The van der Waals surface area contributed by atoms with Gasteiger partial charge in [-0.3, -0.25) is 4.90 Å². The molecule has 0 aromatic carbocycles. The lowest BCUT2D eigenvalue weighted by atomic mass is 10.2. The van der Waals surface area contributed by atoms with Crippen LogP contribution in [0.3, 0.4) is 0 Å². The number of hydrogen-bond donors (Lipinski definition) is 1. The summed E-state index contributed by atoms with van der Waals surface area (Å²) in [6.07, 6.45) is 7.08. The molecule has 0 saturated carbocycles. The molecule has 0 fully saturated rings. The highest BCUT2D eigenvalue weighted by atomic mass is 16.3. The highest BCUT2D eigenvalue weighted by Crippen LogP contribution is 2.13. The van der Waals surface area contributed by atoms with E-state index in [0.717, 1.165) is 25.4 Å². The molecule has 0 radical (unpaired) electrons. The van der Waals surface area contributed by atoms with Crippen LogP contribution in [0.1, 0.15) is 32.1 Å². The second-order valence-corrected chi connectivity index (χ2v) is 4.41. The molecule has 1 aromatic heterocycles. The minimum atomic E-state index is 0.478. The fourth-order valence-corrected chi connectivity index (χ4v) is 1.59. The first-order chi connectivity index (χ1) is 8.17. The standard InChI is InChI=1S/C14H22N2O/c1-5-8-16(6-2)11-14-13(7-9-17-14)10-15-12(3)4/h1,7,9,12,15H,6,8,10-11H2,2-4H3. The van der Waals surface area contributed by atoms with E-state index in [1.54, 1.807) is 6.26 Å². The molecule has 0 aliphatic heterocycles. The monoisotopic (exact) mass is 234 g/mol. The molecule has 0 atom stereocenters. The fourth-order valence-electron chi connectivity index (χ4n) is 1.59. The maximum Gasteiger partial charge on any atom is 0.122 e. The van der Waals surface area contributed by atoms with Crippen molar-refractivity contribution in [1.29, 1.82) is 0 Å². The highest BCUT2D eigenvalue weighted by molar-refractivity contribution is 5.17. The van der Waals surface area contributed by atoms with Gasteiger partial charge in [-0.2, -0.15) is 0 Å². The van der Waals surface area contributed by atoms with Gasteiger partial charge in [-0.15, -0.1) is 6.42 Å². The van der Waals surface area contributed by atoms with Crippen molar-refractivity contribution in [2.75, 3.05) is 13.1 Å². The van der Waals surface area contributed by atoms with Gasteiger partial charge in [-0.1, -0.05) is 26.7 Å². The third-order valence-electron chi connectivity index (χ3n) is 2.67. The van der Waals surface area contributed by atoms with Crippen molar-refractivity contribution in [2.45, 2.75) is 39.9 Å². The van der Waals surface area contributed by atoms with Crippen molar-refractivity contribution >= 4 is 0 Å². The Hall–Kier alpha value is -1.24. The predicted octanol–water partition coefficient (Wildman–Crippen LogP) is 2.23. The number of nitrogens with one attached hydrogen (secondary N) is 1. The Morgan fingerprint density at radius 3 is 2.88 bits per heavy atom. The van der Waals surface area contributed by atoms with Gasteiger partial charge in [-0.25, -0.2) is 0 Å². The van der Waals surface area contributed by atoms with E-state index in [0.29, 0.717) is 12.6 Å². The number of nitrogens with zero attached hydrogens (tertiary/aromatic N) is 1. The molecule has 3 nitrogen and oxygen atoms in total. The summed E-state index contributed by atoms with van der Waals surface area (Å²) in [6.45, 7) is 9.59. The third-order valence-corrected chi connectivity index (χ3v) is 2.67. The Bertz CT molecular complexity index is 363. The Labute approximate surface area is 104 Å². The largest absolute Gasteiger partial charge is 0.468 e. The second-order valence-electron chi connectivity index (χ2n) is 4.41. The lowest BCUT2D eigenvalue weighted by Gasteiger charge is -2.17. The van der Waals surface area contributed by atoms with Gasteiger partial charge in [0.25, 0.3) is 0 Å². The van der Waals surface area contributed by atoms with Crippen LogP contribution in [-0.2, 0) is 13.1 Å². The van der Waals surface area contributed by atoms with Gasteiger partial charge in [0, 0.05) is 18.2 Å². The van der Waals surface area contributed by atoms with E-state index in [4.69, 9.17) is 10.8 Å². The Kier molecular flexibility index (Phi) is 5.82. The van der Waals surface area contributed by atoms with Crippen molar-refractivity contribution in [3.63, 3.8) is 0 Å². The van der Waals surface area contributed by atoms with Gasteiger partial charge in [0.1, 0.15) is 5.76 Å². The molecule has 94 valence electrons. The van der Waals surface area contributed by atoms with E-state index in [9.17, 15) is 0 Å². The summed E-state index contributed by atoms with van der Waals surface area (Å²) in [7, 11) is 0. The molecule has 0 saturated heterocycles. The predicted molar refractivity (Wildman–Crippen MR) is 70.5 cm³/mol. The minimum absolute atomic E-state index is 0.478. The van der Waals surface area contributed by atoms with E-state index in [1.807, 2.05) is 6.07 Å². The van der Waals surface area contributed by atoms with Gasteiger partial charge >= 0.3 is 0 Å². The zero-order valence-corrected chi connectivity index (χ0v) is 11.0. The average molecular weight is 234 g/mol. The summed E-state index contributed by atoms with van der Waals surface area (Å²) < 4.78 is 5.53. The van der Waals surface area contributed by atoms with Crippen molar-refractivity contribution in [2.24, 2.45) is 0 Å². The van der Waals surface area contributed by atoms with Gasteiger partial charge < -0.3 is 9.73 Å². The van der Waals surface area contributed by atoms with Crippen LogP contribution in [0.5, 0.6) is 0 Å². The zero-order valence-electron chi connectivity index (χ0n) is 11.0. The van der Waals surface area contributed by atoms with Crippen LogP contribution in [0.2, 0.25) is 0 Å². The normalized spacial score (nSPS) is 11.1. The minimum Gasteiger partial charge on any atom is -0.468 e. The van der Waals surface area contributed by atoms with Crippen LogP contribution < -0.4 is 5.32 Å². The molecule has 1 rings (SSSR count). The summed E-state index contributed by atoms with van der Waals surface area (Å²) in [4.78, 5) is 2.18. The highest BCUT2D eigenvalue weighted by Gasteiger charge is 2.10. The van der Waals surface area contributed by atoms with Crippen LogP contribution in [0.4, 0.5) is 0 Å². The van der Waals surface area contributed by atoms with E-state index in [2.05, 4.69) is 36.9 Å². The quantitative estimate of drug-likeness (QED) is 0.733. The SMILES string of the molecule is C#CCN(CC)Cc1occc1CNC(C)C. The van der Waals surface area contributed by atoms with E-state index in [-0.39, 0.29) is 0 Å². The molecule has 0 bridgehead atoms. The van der Waals surface area contributed by atoms with Crippen LogP contribution in [0.25, 0.3) is 0 Å². The summed E-state index contributed by atoms with van der Waals surface area (Å²) in [5.74, 6) is 3.68. The molecule has 17 heavy (non-hydrogen) atoms. The van der Waals surface area contributed by atoms with Crippen molar-refractivity contribution in [3.05, 3.63) is 23.7 Å². The lowest BCUT2D eigenvalue weighted by Crippen LogP contribution is -2.25. The Morgan fingerprint density at radius 2 is 2.29 bits per heavy atom. The number of terminal acetylenes is 1. The zero-order chi connectivity index (χ0) is 12.7. The molecule has 1 heterocycles. The van der Waals surface area contributed by atoms with Crippen LogP contribution in [0.15, 0.2) is 16.7 Å². The van der Waals surface area contributed by atoms with Gasteiger partial charge in [0.05, 0.1) is 19.4 Å². The van der Waals surface area contributed by atoms with E-state index >= 15 is 0 Å². The topological polar surface area (TPSA) is 28.4 Å². The Morgan fingerprint density at radius 1 is 1.53 bits per heavy atom. The molecular weight excluding hydrogens is 212 g/mol. The maximum atomic E-state index is 5.53. The number of hydrogen-bond acceptors (Lipinski definition) is 3. The summed E-state index contributed by atoms with van der Waals surface area (Å²) >= 11 is 0. The molecule has 0 amide bonds. The van der Waals surface area contributed by atoms with E-state index in [1.165, 1.54) is 5.56 Å². The average Bonchev–Trinajstić information content (AvgIpc) is 2.73. The Balaban J connectivity index is 2.58. The first-order valence-electron chi connectivity index (χ1n) is 6.11.